The molecule has 0 N–H and O–H groups in total. The van der Waals surface area contributed by atoms with Crippen LogP contribution < -0.4 is 10.4 Å². The number of para-hydroxylation sites is 2. The molecule has 0 saturated carbocycles. The Morgan fingerprint density at radius 3 is 2.47 bits per heavy atom. The standard InChI is InChI=1S/C25H17NO4/c1-26-19-8-4-2-6-15(19)18-12-14(10-11-20(18)26)17-13-22(27)30-24-16-7-3-5-9-21(16)29-25(28)23(17)24/h2-12,17H,13H2,1H3/t17-/m0/s1. The summed E-state index contributed by atoms with van der Waals surface area (Å²) in [6, 6.07) is 21.5. The van der Waals surface area contributed by atoms with Gasteiger partial charge in [0.15, 0.2) is 5.75 Å². The fourth-order valence-electron chi connectivity index (χ4n) is 4.66. The minimum absolute atomic E-state index is 0.104. The second kappa shape index (κ2) is 6.07. The van der Waals surface area contributed by atoms with Crippen LogP contribution in [0.2, 0.25) is 0 Å². The molecule has 2 aromatic heterocycles. The quantitative estimate of drug-likeness (QED) is 0.300. The number of nitrogens with zero attached hydrogens (tertiary/aromatic N) is 1. The first kappa shape index (κ1) is 17.0. The Labute approximate surface area is 171 Å². The number of hydrogen-bond acceptors (Lipinski definition) is 4. The number of ether oxygens (including phenoxy) is 1. The first-order valence-electron chi connectivity index (χ1n) is 9.85. The van der Waals surface area contributed by atoms with Crippen molar-refractivity contribution in [3.63, 3.8) is 0 Å². The molecule has 1 atom stereocenters. The summed E-state index contributed by atoms with van der Waals surface area (Å²) in [5.41, 5.74) is 3.51. The molecule has 6 rings (SSSR count). The molecule has 3 heterocycles. The van der Waals surface area contributed by atoms with Crippen molar-refractivity contribution < 1.29 is 13.9 Å². The van der Waals surface area contributed by atoms with Crippen molar-refractivity contribution in [3.05, 3.63) is 88.3 Å². The molecule has 0 fully saturated rings. The highest BCUT2D eigenvalue weighted by atomic mass is 16.5. The second-order valence-corrected chi connectivity index (χ2v) is 7.71. The zero-order valence-electron chi connectivity index (χ0n) is 16.2. The van der Waals surface area contributed by atoms with Crippen molar-refractivity contribution >= 4 is 38.7 Å². The molecule has 146 valence electrons. The number of hydrogen-bond donors (Lipinski definition) is 0. The van der Waals surface area contributed by atoms with Crippen LogP contribution in [-0.2, 0) is 11.8 Å². The average Bonchev–Trinajstić information content (AvgIpc) is 3.05. The van der Waals surface area contributed by atoms with E-state index in [2.05, 4.69) is 22.8 Å². The van der Waals surface area contributed by atoms with Gasteiger partial charge in [-0.3, -0.25) is 4.79 Å². The summed E-state index contributed by atoms with van der Waals surface area (Å²) in [5, 5.41) is 2.87. The molecule has 0 amide bonds. The van der Waals surface area contributed by atoms with Gasteiger partial charge in [-0.25, -0.2) is 4.79 Å². The summed E-state index contributed by atoms with van der Waals surface area (Å²) in [6.45, 7) is 0. The van der Waals surface area contributed by atoms with Gasteiger partial charge in [0.05, 0.1) is 17.4 Å². The lowest BCUT2D eigenvalue weighted by molar-refractivity contribution is -0.135. The molecule has 30 heavy (non-hydrogen) atoms. The maximum Gasteiger partial charge on any atom is 0.343 e. The highest BCUT2D eigenvalue weighted by Gasteiger charge is 2.34. The van der Waals surface area contributed by atoms with Gasteiger partial charge in [-0.1, -0.05) is 36.4 Å². The van der Waals surface area contributed by atoms with Crippen molar-refractivity contribution in [1.29, 1.82) is 0 Å². The first-order chi connectivity index (χ1) is 14.6. The summed E-state index contributed by atoms with van der Waals surface area (Å²) in [5.74, 6) is -0.437. The Hall–Kier alpha value is -3.86. The fraction of sp³-hybridized carbons (Fsp3) is 0.120. The van der Waals surface area contributed by atoms with Gasteiger partial charge in [0.2, 0.25) is 0 Å². The van der Waals surface area contributed by atoms with Gasteiger partial charge in [-0.15, -0.1) is 0 Å². The lowest BCUT2D eigenvalue weighted by Gasteiger charge is -2.24. The molecule has 0 saturated heterocycles. The molecule has 1 aliphatic rings. The van der Waals surface area contributed by atoms with E-state index in [-0.39, 0.29) is 12.4 Å². The molecule has 0 aliphatic carbocycles. The number of carbonyl (C=O) groups is 1. The van der Waals surface area contributed by atoms with Crippen LogP contribution in [0.1, 0.15) is 23.5 Å². The maximum atomic E-state index is 12.9. The number of aromatic nitrogens is 1. The minimum Gasteiger partial charge on any atom is -0.425 e. The summed E-state index contributed by atoms with van der Waals surface area (Å²) in [4.78, 5) is 25.4. The van der Waals surface area contributed by atoms with E-state index in [0.29, 0.717) is 22.3 Å². The van der Waals surface area contributed by atoms with Crippen molar-refractivity contribution in [2.75, 3.05) is 0 Å². The Bertz CT molecular complexity index is 1560. The van der Waals surface area contributed by atoms with E-state index in [4.69, 9.17) is 9.15 Å². The predicted octanol–water partition coefficient (Wildman–Crippen LogP) is 4.88. The number of carbonyl (C=O) groups excluding carboxylic acids is 1. The van der Waals surface area contributed by atoms with Crippen LogP contribution in [0.5, 0.6) is 5.75 Å². The molecule has 1 aliphatic heterocycles. The molecule has 0 radical (unpaired) electrons. The van der Waals surface area contributed by atoms with Crippen molar-refractivity contribution in [1.82, 2.24) is 4.57 Å². The van der Waals surface area contributed by atoms with E-state index >= 15 is 0 Å². The van der Waals surface area contributed by atoms with Crippen LogP contribution in [0, 0.1) is 0 Å². The monoisotopic (exact) mass is 395 g/mol. The Kier molecular flexibility index (Phi) is 3.45. The lowest BCUT2D eigenvalue weighted by atomic mass is 9.86. The molecule has 5 heteroatoms. The molecule has 0 unspecified atom stereocenters. The third-order valence-electron chi connectivity index (χ3n) is 6.07. The summed E-state index contributed by atoms with van der Waals surface area (Å²) in [7, 11) is 2.04. The summed E-state index contributed by atoms with van der Waals surface area (Å²) >= 11 is 0. The second-order valence-electron chi connectivity index (χ2n) is 7.71. The van der Waals surface area contributed by atoms with Gasteiger partial charge in [-0.05, 0) is 35.9 Å². The highest BCUT2D eigenvalue weighted by Crippen LogP contribution is 2.42. The van der Waals surface area contributed by atoms with Crippen LogP contribution in [0.3, 0.4) is 0 Å². The van der Waals surface area contributed by atoms with Crippen molar-refractivity contribution in [2.45, 2.75) is 12.3 Å². The first-order valence-corrected chi connectivity index (χ1v) is 9.85. The molecular formula is C25H17NO4. The topological polar surface area (TPSA) is 61.4 Å². The number of fused-ring (bicyclic) bond motifs is 6. The predicted molar refractivity (Wildman–Crippen MR) is 115 cm³/mol. The minimum atomic E-state index is -0.459. The van der Waals surface area contributed by atoms with E-state index in [1.807, 2.05) is 37.4 Å². The van der Waals surface area contributed by atoms with E-state index in [1.54, 1.807) is 18.2 Å². The fourth-order valence-corrected chi connectivity index (χ4v) is 4.66. The zero-order chi connectivity index (χ0) is 20.4. The maximum absolute atomic E-state index is 12.9. The zero-order valence-corrected chi connectivity index (χ0v) is 16.2. The number of rotatable bonds is 1. The molecule has 0 spiro atoms. The van der Waals surface area contributed by atoms with Crippen LogP contribution in [0.15, 0.2) is 75.9 Å². The Balaban J connectivity index is 1.63. The van der Waals surface area contributed by atoms with Crippen LogP contribution >= 0.6 is 0 Å². The molecule has 0 bridgehead atoms. The van der Waals surface area contributed by atoms with Crippen molar-refractivity contribution in [3.8, 4) is 5.75 Å². The van der Waals surface area contributed by atoms with E-state index < -0.39 is 11.5 Å². The van der Waals surface area contributed by atoms with Gasteiger partial charge in [0, 0.05) is 34.8 Å². The smallest absolute Gasteiger partial charge is 0.343 e. The van der Waals surface area contributed by atoms with Crippen LogP contribution in [0.4, 0.5) is 0 Å². The van der Waals surface area contributed by atoms with Gasteiger partial charge in [0.25, 0.3) is 0 Å². The number of aryl methyl sites for hydroxylation is 1. The van der Waals surface area contributed by atoms with Gasteiger partial charge in [0.1, 0.15) is 5.58 Å². The number of esters is 1. The van der Waals surface area contributed by atoms with E-state index in [9.17, 15) is 9.59 Å². The van der Waals surface area contributed by atoms with Crippen LogP contribution in [-0.4, -0.2) is 10.5 Å². The molecular weight excluding hydrogens is 378 g/mol. The Morgan fingerprint density at radius 1 is 0.867 bits per heavy atom. The average molecular weight is 395 g/mol. The van der Waals surface area contributed by atoms with Crippen molar-refractivity contribution in [2.24, 2.45) is 7.05 Å². The molecule has 5 aromatic rings. The molecule has 3 aromatic carbocycles. The van der Waals surface area contributed by atoms with Crippen LogP contribution in [0.25, 0.3) is 32.8 Å². The van der Waals surface area contributed by atoms with E-state index in [0.717, 1.165) is 27.4 Å². The largest absolute Gasteiger partial charge is 0.425 e. The molecule has 5 nitrogen and oxygen atoms in total. The highest BCUT2D eigenvalue weighted by molar-refractivity contribution is 6.08. The third-order valence-corrected chi connectivity index (χ3v) is 6.07. The Morgan fingerprint density at radius 2 is 1.60 bits per heavy atom. The van der Waals surface area contributed by atoms with Gasteiger partial charge in [-0.2, -0.15) is 0 Å². The SMILES string of the molecule is Cn1c2ccccc2c2cc([C@@H]3CC(=O)Oc4c3c(=O)oc3ccccc43)ccc21. The summed E-state index contributed by atoms with van der Waals surface area (Å²) < 4.78 is 13.2. The third kappa shape index (κ3) is 2.29. The van der Waals surface area contributed by atoms with Gasteiger partial charge >= 0.3 is 11.6 Å². The van der Waals surface area contributed by atoms with Gasteiger partial charge < -0.3 is 13.7 Å². The number of benzene rings is 3. The van der Waals surface area contributed by atoms with E-state index in [1.165, 1.54) is 0 Å². The lowest BCUT2D eigenvalue weighted by Crippen LogP contribution is -2.26. The summed E-state index contributed by atoms with van der Waals surface area (Å²) in [6.07, 6.45) is 0.104. The normalized spacial score (nSPS) is 16.2.